The number of benzene rings is 1. The standard InChI is InChI=1S/C18H18N4O2S/c1-3-22-17(24)14-7-6-12(9-15(14)21-18(22)25)16(23)20-11(2)13-5-4-8-19-10-13/h4-11H,3H2,1-2H3,(H,20,23)(H,21,25)/t11-/m1/s1. The molecule has 0 bridgehead atoms. The van der Waals surface area contributed by atoms with Crippen molar-refractivity contribution in [1.82, 2.24) is 19.9 Å². The summed E-state index contributed by atoms with van der Waals surface area (Å²) < 4.78 is 1.84. The average molecular weight is 354 g/mol. The lowest BCUT2D eigenvalue weighted by Gasteiger charge is -2.14. The molecule has 0 aliphatic carbocycles. The van der Waals surface area contributed by atoms with Gasteiger partial charge in [-0.3, -0.25) is 19.1 Å². The Hall–Kier alpha value is -2.80. The molecular weight excluding hydrogens is 336 g/mol. The van der Waals surface area contributed by atoms with Crippen LogP contribution in [-0.2, 0) is 6.54 Å². The van der Waals surface area contributed by atoms with Crippen molar-refractivity contribution in [3.63, 3.8) is 0 Å². The first kappa shape index (κ1) is 17.0. The highest BCUT2D eigenvalue weighted by molar-refractivity contribution is 7.71. The number of H-pyrrole nitrogens is 1. The van der Waals surface area contributed by atoms with Crippen molar-refractivity contribution >= 4 is 29.0 Å². The molecule has 25 heavy (non-hydrogen) atoms. The van der Waals surface area contributed by atoms with E-state index in [4.69, 9.17) is 12.2 Å². The van der Waals surface area contributed by atoms with Gasteiger partial charge in [0.25, 0.3) is 11.5 Å². The molecule has 3 aromatic rings. The Balaban J connectivity index is 1.93. The van der Waals surface area contributed by atoms with E-state index in [0.29, 0.717) is 27.8 Å². The first-order valence-electron chi connectivity index (χ1n) is 7.99. The highest BCUT2D eigenvalue weighted by Crippen LogP contribution is 2.14. The fourth-order valence-corrected chi connectivity index (χ4v) is 3.00. The van der Waals surface area contributed by atoms with E-state index in [1.54, 1.807) is 30.6 Å². The maximum atomic E-state index is 12.5. The van der Waals surface area contributed by atoms with Crippen LogP contribution in [0.25, 0.3) is 10.9 Å². The third-order valence-electron chi connectivity index (χ3n) is 4.09. The van der Waals surface area contributed by atoms with Crippen LogP contribution in [0.2, 0.25) is 0 Å². The Kier molecular flexibility index (Phi) is 4.76. The van der Waals surface area contributed by atoms with Crippen LogP contribution in [0.3, 0.4) is 0 Å². The lowest BCUT2D eigenvalue weighted by Crippen LogP contribution is -2.27. The molecule has 2 heterocycles. The third-order valence-corrected chi connectivity index (χ3v) is 4.41. The van der Waals surface area contributed by atoms with Crippen molar-refractivity contribution in [3.05, 3.63) is 69.0 Å². The van der Waals surface area contributed by atoms with Gasteiger partial charge in [0, 0.05) is 24.5 Å². The summed E-state index contributed by atoms with van der Waals surface area (Å²) in [7, 11) is 0. The van der Waals surface area contributed by atoms with Crippen LogP contribution in [0.15, 0.2) is 47.5 Å². The summed E-state index contributed by atoms with van der Waals surface area (Å²) in [6.45, 7) is 4.25. The van der Waals surface area contributed by atoms with Gasteiger partial charge in [0.2, 0.25) is 0 Å². The molecule has 0 aliphatic heterocycles. The molecule has 1 aromatic carbocycles. The predicted molar refractivity (Wildman–Crippen MR) is 99.2 cm³/mol. The van der Waals surface area contributed by atoms with E-state index in [-0.39, 0.29) is 17.5 Å². The lowest BCUT2D eigenvalue weighted by molar-refractivity contribution is 0.0940. The first-order valence-corrected chi connectivity index (χ1v) is 8.39. The molecule has 0 unspecified atom stereocenters. The molecular formula is C18H18N4O2S. The zero-order valence-corrected chi connectivity index (χ0v) is 14.8. The Bertz CT molecular complexity index is 1040. The minimum absolute atomic E-state index is 0.156. The molecule has 7 heteroatoms. The van der Waals surface area contributed by atoms with E-state index in [0.717, 1.165) is 5.56 Å². The number of amides is 1. The van der Waals surface area contributed by atoms with E-state index in [1.165, 1.54) is 4.57 Å². The van der Waals surface area contributed by atoms with Gasteiger partial charge in [-0.05, 0) is 55.9 Å². The van der Waals surface area contributed by atoms with Crippen LogP contribution < -0.4 is 10.9 Å². The highest BCUT2D eigenvalue weighted by Gasteiger charge is 2.13. The van der Waals surface area contributed by atoms with Gasteiger partial charge in [0.1, 0.15) is 0 Å². The van der Waals surface area contributed by atoms with Gasteiger partial charge in [0.05, 0.1) is 16.9 Å². The van der Waals surface area contributed by atoms with Crippen molar-refractivity contribution in [2.75, 3.05) is 0 Å². The SMILES string of the molecule is CCn1c(=S)[nH]c2cc(C(=O)N[C@H](C)c3cccnc3)ccc2c1=O. The van der Waals surface area contributed by atoms with Crippen molar-refractivity contribution in [1.29, 1.82) is 0 Å². The molecule has 0 spiro atoms. The number of hydrogen-bond donors (Lipinski definition) is 2. The molecule has 1 amide bonds. The van der Waals surface area contributed by atoms with Gasteiger partial charge >= 0.3 is 0 Å². The minimum Gasteiger partial charge on any atom is -0.345 e. The Morgan fingerprint density at radius 2 is 2.20 bits per heavy atom. The van der Waals surface area contributed by atoms with E-state index in [9.17, 15) is 9.59 Å². The lowest BCUT2D eigenvalue weighted by atomic mass is 10.1. The summed E-state index contributed by atoms with van der Waals surface area (Å²) in [6.07, 6.45) is 3.41. The van der Waals surface area contributed by atoms with Gasteiger partial charge in [-0.2, -0.15) is 0 Å². The summed E-state index contributed by atoms with van der Waals surface area (Å²) in [5.41, 5.74) is 1.78. The van der Waals surface area contributed by atoms with Crippen molar-refractivity contribution < 1.29 is 4.79 Å². The molecule has 0 radical (unpaired) electrons. The van der Waals surface area contributed by atoms with Gasteiger partial charge < -0.3 is 10.3 Å². The molecule has 0 saturated heterocycles. The van der Waals surface area contributed by atoms with Crippen molar-refractivity contribution in [3.8, 4) is 0 Å². The number of nitrogens with one attached hydrogen (secondary N) is 2. The highest BCUT2D eigenvalue weighted by atomic mass is 32.1. The number of fused-ring (bicyclic) bond motifs is 1. The quantitative estimate of drug-likeness (QED) is 0.706. The van der Waals surface area contributed by atoms with E-state index >= 15 is 0 Å². The normalized spacial score (nSPS) is 12.1. The fourth-order valence-electron chi connectivity index (χ4n) is 2.68. The Morgan fingerprint density at radius 1 is 1.40 bits per heavy atom. The minimum atomic E-state index is -0.225. The molecule has 1 atom stereocenters. The van der Waals surface area contributed by atoms with Crippen LogP contribution in [0, 0.1) is 4.77 Å². The number of aromatic nitrogens is 3. The molecule has 0 aliphatic rings. The van der Waals surface area contributed by atoms with Crippen LogP contribution in [0.5, 0.6) is 0 Å². The van der Waals surface area contributed by atoms with E-state index < -0.39 is 0 Å². The van der Waals surface area contributed by atoms with Crippen LogP contribution in [0.4, 0.5) is 0 Å². The maximum Gasteiger partial charge on any atom is 0.262 e. The van der Waals surface area contributed by atoms with Crippen molar-refractivity contribution in [2.45, 2.75) is 26.4 Å². The summed E-state index contributed by atoms with van der Waals surface area (Å²) in [5.74, 6) is -0.225. The molecule has 2 N–H and O–H groups in total. The van der Waals surface area contributed by atoms with Gasteiger partial charge in [-0.25, -0.2) is 0 Å². The largest absolute Gasteiger partial charge is 0.345 e. The molecule has 128 valence electrons. The summed E-state index contributed by atoms with van der Waals surface area (Å²) >= 11 is 5.21. The van der Waals surface area contributed by atoms with Crippen LogP contribution in [0.1, 0.15) is 35.8 Å². The van der Waals surface area contributed by atoms with Crippen LogP contribution in [-0.4, -0.2) is 20.4 Å². The average Bonchev–Trinajstić information content (AvgIpc) is 2.62. The molecule has 0 fully saturated rings. The third kappa shape index (κ3) is 3.36. The molecule has 3 rings (SSSR count). The number of carbonyl (C=O) groups is 1. The van der Waals surface area contributed by atoms with Gasteiger partial charge in [0.15, 0.2) is 4.77 Å². The molecule has 6 nitrogen and oxygen atoms in total. The molecule has 2 aromatic heterocycles. The second-order valence-corrected chi connectivity index (χ2v) is 6.11. The number of aromatic amines is 1. The van der Waals surface area contributed by atoms with E-state index in [1.807, 2.05) is 26.0 Å². The second-order valence-electron chi connectivity index (χ2n) is 5.72. The summed E-state index contributed by atoms with van der Waals surface area (Å²) in [5, 5.41) is 3.43. The van der Waals surface area contributed by atoms with Crippen molar-refractivity contribution in [2.24, 2.45) is 0 Å². The molecule has 0 saturated carbocycles. The zero-order chi connectivity index (χ0) is 18.0. The maximum absolute atomic E-state index is 12.5. The zero-order valence-electron chi connectivity index (χ0n) is 13.9. The summed E-state index contributed by atoms with van der Waals surface area (Å²) in [4.78, 5) is 32.0. The predicted octanol–water partition coefficient (Wildman–Crippen LogP) is 2.96. The number of pyridine rings is 1. The number of hydrogen-bond acceptors (Lipinski definition) is 4. The topological polar surface area (TPSA) is 79.8 Å². The monoisotopic (exact) mass is 354 g/mol. The smallest absolute Gasteiger partial charge is 0.262 e. The first-order chi connectivity index (χ1) is 12.0. The number of nitrogens with zero attached hydrogens (tertiary/aromatic N) is 2. The fraction of sp³-hybridized carbons (Fsp3) is 0.222. The number of carbonyl (C=O) groups excluding carboxylic acids is 1. The summed E-state index contributed by atoms with van der Waals surface area (Å²) in [6, 6.07) is 8.50. The van der Waals surface area contributed by atoms with Crippen LogP contribution >= 0.6 is 12.2 Å². The van der Waals surface area contributed by atoms with E-state index in [2.05, 4.69) is 15.3 Å². The number of rotatable bonds is 4. The Morgan fingerprint density at radius 3 is 2.88 bits per heavy atom. The van der Waals surface area contributed by atoms with Gasteiger partial charge in [-0.1, -0.05) is 6.07 Å². The van der Waals surface area contributed by atoms with Gasteiger partial charge in [-0.15, -0.1) is 0 Å². The second kappa shape index (κ2) is 6.98. The Labute approximate surface area is 149 Å².